The van der Waals surface area contributed by atoms with E-state index in [1.807, 2.05) is 11.8 Å². The van der Waals surface area contributed by atoms with Crippen LogP contribution in [0.5, 0.6) is 0 Å². The molecular formula is C15H32IN3O2S. The molecule has 0 rings (SSSR count). The number of halogens is 1. The Morgan fingerprint density at radius 2 is 1.91 bits per heavy atom. The van der Waals surface area contributed by atoms with Gasteiger partial charge in [0.25, 0.3) is 0 Å². The zero-order valence-electron chi connectivity index (χ0n) is 14.2. The van der Waals surface area contributed by atoms with Crippen LogP contribution in [0.25, 0.3) is 0 Å². The van der Waals surface area contributed by atoms with Crippen molar-refractivity contribution in [2.24, 2.45) is 4.99 Å². The Morgan fingerprint density at radius 3 is 2.55 bits per heavy atom. The van der Waals surface area contributed by atoms with Gasteiger partial charge < -0.3 is 15.4 Å². The highest BCUT2D eigenvalue weighted by Gasteiger charge is 1.99. The van der Waals surface area contributed by atoms with E-state index in [2.05, 4.69) is 33.5 Å². The van der Waals surface area contributed by atoms with E-state index in [0.29, 0.717) is 6.42 Å². The van der Waals surface area contributed by atoms with Gasteiger partial charge in [0.2, 0.25) is 0 Å². The molecule has 5 nitrogen and oxygen atoms in total. The van der Waals surface area contributed by atoms with Crippen LogP contribution >= 0.6 is 35.7 Å². The Hall–Kier alpha value is -0.180. The molecule has 132 valence electrons. The maximum Gasteiger partial charge on any atom is 0.305 e. The number of carbonyl (C=O) groups is 1. The van der Waals surface area contributed by atoms with Gasteiger partial charge in [0.05, 0.1) is 7.11 Å². The molecule has 0 saturated carbocycles. The number of rotatable bonds is 12. The average molecular weight is 445 g/mol. The molecular weight excluding hydrogens is 413 g/mol. The molecule has 0 spiro atoms. The van der Waals surface area contributed by atoms with Crippen molar-refractivity contribution in [3.63, 3.8) is 0 Å². The molecule has 0 radical (unpaired) electrons. The Balaban J connectivity index is 0. The summed E-state index contributed by atoms with van der Waals surface area (Å²) in [5.74, 6) is 1.99. The van der Waals surface area contributed by atoms with Crippen molar-refractivity contribution < 1.29 is 9.53 Å². The molecule has 0 aromatic heterocycles. The Bertz CT molecular complexity index is 292. The first-order chi connectivity index (χ1) is 10.2. The van der Waals surface area contributed by atoms with E-state index in [4.69, 9.17) is 0 Å². The van der Waals surface area contributed by atoms with Crippen LogP contribution in [0.4, 0.5) is 0 Å². The fraction of sp³-hybridized carbons (Fsp3) is 0.867. The summed E-state index contributed by atoms with van der Waals surface area (Å²) in [4.78, 5) is 15.5. The van der Waals surface area contributed by atoms with Crippen LogP contribution in [-0.4, -0.2) is 50.7 Å². The molecule has 0 aromatic rings. The maximum atomic E-state index is 11.0. The van der Waals surface area contributed by atoms with Crippen LogP contribution in [0.2, 0.25) is 0 Å². The highest BCUT2D eigenvalue weighted by atomic mass is 127. The zero-order chi connectivity index (χ0) is 15.8. The lowest BCUT2D eigenvalue weighted by molar-refractivity contribution is -0.140. The van der Waals surface area contributed by atoms with E-state index < -0.39 is 0 Å². The fourth-order valence-corrected chi connectivity index (χ4v) is 2.26. The number of nitrogens with zero attached hydrogens (tertiary/aromatic N) is 1. The second kappa shape index (κ2) is 18.9. The number of nitrogens with one attached hydrogen (secondary N) is 2. The molecule has 0 atom stereocenters. The number of hydrogen-bond acceptors (Lipinski definition) is 4. The van der Waals surface area contributed by atoms with E-state index in [9.17, 15) is 4.79 Å². The number of hydrogen-bond donors (Lipinski definition) is 2. The summed E-state index contributed by atoms with van der Waals surface area (Å²) in [6, 6.07) is 0. The predicted molar refractivity (Wildman–Crippen MR) is 107 cm³/mol. The van der Waals surface area contributed by atoms with Gasteiger partial charge in [0, 0.05) is 26.1 Å². The molecule has 2 N–H and O–H groups in total. The molecule has 0 aliphatic heterocycles. The van der Waals surface area contributed by atoms with E-state index in [0.717, 1.165) is 44.9 Å². The third kappa shape index (κ3) is 16.2. The van der Waals surface area contributed by atoms with Gasteiger partial charge >= 0.3 is 5.97 Å². The van der Waals surface area contributed by atoms with Gasteiger partial charge in [-0.05, 0) is 44.6 Å². The van der Waals surface area contributed by atoms with Crippen molar-refractivity contribution in [3.05, 3.63) is 0 Å². The first kappa shape index (κ1) is 24.1. The Kier molecular flexibility index (Phi) is 20.6. The van der Waals surface area contributed by atoms with E-state index >= 15 is 0 Å². The van der Waals surface area contributed by atoms with Gasteiger partial charge in [0.15, 0.2) is 5.96 Å². The SMILES string of the molecule is CCNC(=NCCCCCC(=O)OC)NCCCCSC.I. The largest absolute Gasteiger partial charge is 0.469 e. The number of methoxy groups -OCH3 is 1. The van der Waals surface area contributed by atoms with Crippen LogP contribution in [0.15, 0.2) is 4.99 Å². The first-order valence-corrected chi connectivity index (χ1v) is 9.21. The van der Waals surface area contributed by atoms with Crippen molar-refractivity contribution in [1.29, 1.82) is 0 Å². The van der Waals surface area contributed by atoms with Gasteiger partial charge in [-0.2, -0.15) is 11.8 Å². The van der Waals surface area contributed by atoms with Gasteiger partial charge in [-0.1, -0.05) is 6.42 Å². The molecule has 0 unspecified atom stereocenters. The van der Waals surface area contributed by atoms with E-state index in [1.165, 1.54) is 25.7 Å². The average Bonchev–Trinajstić information content (AvgIpc) is 2.49. The number of unbranched alkanes of at least 4 members (excludes halogenated alkanes) is 3. The van der Waals surface area contributed by atoms with Crippen LogP contribution in [0, 0.1) is 0 Å². The molecule has 7 heteroatoms. The number of guanidine groups is 1. The Labute approximate surface area is 156 Å². The van der Waals surface area contributed by atoms with E-state index in [1.54, 1.807) is 0 Å². The summed E-state index contributed by atoms with van der Waals surface area (Å²) in [5, 5.41) is 6.60. The van der Waals surface area contributed by atoms with Crippen molar-refractivity contribution in [2.75, 3.05) is 38.8 Å². The van der Waals surface area contributed by atoms with E-state index in [-0.39, 0.29) is 29.9 Å². The minimum Gasteiger partial charge on any atom is -0.469 e. The number of carbonyl (C=O) groups excluding carboxylic acids is 1. The molecule has 0 saturated heterocycles. The minimum absolute atomic E-state index is 0. The van der Waals surface area contributed by atoms with Gasteiger partial charge in [-0.15, -0.1) is 24.0 Å². The normalized spacial score (nSPS) is 10.8. The summed E-state index contributed by atoms with van der Waals surface area (Å²) in [6.45, 7) is 4.70. The third-order valence-electron chi connectivity index (χ3n) is 2.95. The topological polar surface area (TPSA) is 62.7 Å². The molecule has 22 heavy (non-hydrogen) atoms. The number of thioether (sulfide) groups is 1. The van der Waals surface area contributed by atoms with Crippen LogP contribution in [0.1, 0.15) is 45.4 Å². The quantitative estimate of drug-likeness (QED) is 0.159. The maximum absolute atomic E-state index is 11.0. The lowest BCUT2D eigenvalue weighted by atomic mass is 10.2. The first-order valence-electron chi connectivity index (χ1n) is 7.82. The monoisotopic (exact) mass is 445 g/mol. The zero-order valence-corrected chi connectivity index (χ0v) is 17.3. The molecule has 0 aliphatic rings. The predicted octanol–water partition coefficient (Wildman–Crippen LogP) is 3.04. The molecule has 0 amide bonds. The van der Waals surface area contributed by atoms with Crippen LogP contribution in [0.3, 0.4) is 0 Å². The molecule has 0 aromatic carbocycles. The minimum atomic E-state index is -0.126. The van der Waals surface area contributed by atoms with Crippen LogP contribution in [-0.2, 0) is 9.53 Å². The summed E-state index contributed by atoms with van der Waals surface area (Å²) in [6.07, 6.45) is 7.94. The lowest BCUT2D eigenvalue weighted by Gasteiger charge is -2.11. The lowest BCUT2D eigenvalue weighted by Crippen LogP contribution is -2.37. The summed E-state index contributed by atoms with van der Waals surface area (Å²) in [5.41, 5.74) is 0. The standard InChI is InChI=1S/C15H31N3O2S.HI/c1-4-16-15(18-12-8-9-13-21-3)17-11-7-5-6-10-14(19)20-2;/h4-13H2,1-3H3,(H2,16,17,18);1H. The van der Waals surface area contributed by atoms with Crippen molar-refractivity contribution in [1.82, 2.24) is 10.6 Å². The van der Waals surface area contributed by atoms with Gasteiger partial charge in [0.1, 0.15) is 0 Å². The molecule has 0 aliphatic carbocycles. The number of esters is 1. The van der Waals surface area contributed by atoms with Crippen molar-refractivity contribution >= 4 is 47.7 Å². The third-order valence-corrected chi connectivity index (χ3v) is 3.65. The summed E-state index contributed by atoms with van der Waals surface area (Å²) >= 11 is 1.89. The summed E-state index contributed by atoms with van der Waals surface area (Å²) in [7, 11) is 1.43. The molecule has 0 bridgehead atoms. The summed E-state index contributed by atoms with van der Waals surface area (Å²) < 4.78 is 4.61. The molecule has 0 heterocycles. The Morgan fingerprint density at radius 1 is 1.14 bits per heavy atom. The smallest absolute Gasteiger partial charge is 0.305 e. The fourth-order valence-electron chi connectivity index (χ4n) is 1.77. The second-order valence-electron chi connectivity index (χ2n) is 4.77. The number of ether oxygens (including phenoxy) is 1. The van der Waals surface area contributed by atoms with Crippen LogP contribution < -0.4 is 10.6 Å². The molecule has 0 fully saturated rings. The number of aliphatic imine (C=N–C) groups is 1. The second-order valence-corrected chi connectivity index (χ2v) is 5.76. The van der Waals surface area contributed by atoms with Gasteiger partial charge in [-0.25, -0.2) is 0 Å². The van der Waals surface area contributed by atoms with Crippen molar-refractivity contribution in [2.45, 2.75) is 45.4 Å². The van der Waals surface area contributed by atoms with Crippen molar-refractivity contribution in [3.8, 4) is 0 Å². The highest BCUT2D eigenvalue weighted by molar-refractivity contribution is 14.0. The van der Waals surface area contributed by atoms with Gasteiger partial charge in [-0.3, -0.25) is 9.79 Å². The highest BCUT2D eigenvalue weighted by Crippen LogP contribution is 2.01.